The SMILES string of the molecule is CCc1ccc(CC(=O)N[C@@H]2CCCc3cc(OC)ccc32)cc1. The maximum atomic E-state index is 12.4. The number of benzene rings is 2. The minimum Gasteiger partial charge on any atom is -0.497 e. The standard InChI is InChI=1S/C21H25NO2/c1-3-15-7-9-16(10-8-15)13-21(23)22-20-6-4-5-17-14-18(24-2)11-12-19(17)20/h7-12,14,20H,3-6,13H2,1-2H3,(H,22,23)/t20-/m1/s1. The lowest BCUT2D eigenvalue weighted by Gasteiger charge is -2.27. The highest BCUT2D eigenvalue weighted by atomic mass is 16.5. The van der Waals surface area contributed by atoms with E-state index >= 15 is 0 Å². The van der Waals surface area contributed by atoms with Crippen molar-refractivity contribution in [2.24, 2.45) is 0 Å². The smallest absolute Gasteiger partial charge is 0.224 e. The van der Waals surface area contributed by atoms with Gasteiger partial charge in [-0.15, -0.1) is 0 Å². The van der Waals surface area contributed by atoms with Crippen molar-refractivity contribution in [1.29, 1.82) is 0 Å². The Hall–Kier alpha value is -2.29. The average Bonchev–Trinajstić information content (AvgIpc) is 2.62. The number of hydrogen-bond acceptors (Lipinski definition) is 2. The van der Waals surface area contributed by atoms with Gasteiger partial charge >= 0.3 is 0 Å². The molecule has 1 aliphatic rings. The summed E-state index contributed by atoms with van der Waals surface area (Å²) in [6.07, 6.45) is 4.61. The van der Waals surface area contributed by atoms with Gasteiger partial charge in [0.25, 0.3) is 0 Å². The summed E-state index contributed by atoms with van der Waals surface area (Å²) in [5.41, 5.74) is 4.89. The molecule has 1 N–H and O–H groups in total. The first-order valence-corrected chi connectivity index (χ1v) is 8.73. The Morgan fingerprint density at radius 1 is 1.17 bits per heavy atom. The molecule has 0 fully saturated rings. The topological polar surface area (TPSA) is 38.3 Å². The number of amides is 1. The molecule has 3 rings (SSSR count). The van der Waals surface area contributed by atoms with E-state index in [2.05, 4.69) is 48.6 Å². The van der Waals surface area contributed by atoms with E-state index in [-0.39, 0.29) is 11.9 Å². The van der Waals surface area contributed by atoms with Gasteiger partial charge < -0.3 is 10.1 Å². The van der Waals surface area contributed by atoms with Crippen molar-refractivity contribution in [2.45, 2.75) is 45.1 Å². The van der Waals surface area contributed by atoms with E-state index < -0.39 is 0 Å². The molecule has 3 heteroatoms. The second-order valence-corrected chi connectivity index (χ2v) is 6.42. The molecule has 0 radical (unpaired) electrons. The zero-order valence-electron chi connectivity index (χ0n) is 14.5. The third-order valence-corrected chi connectivity index (χ3v) is 4.80. The summed E-state index contributed by atoms with van der Waals surface area (Å²) < 4.78 is 5.31. The molecule has 1 amide bonds. The average molecular weight is 323 g/mol. The van der Waals surface area contributed by atoms with E-state index in [0.717, 1.165) is 37.0 Å². The molecule has 126 valence electrons. The number of methoxy groups -OCH3 is 1. The van der Waals surface area contributed by atoms with Gasteiger partial charge in [-0.3, -0.25) is 4.79 Å². The van der Waals surface area contributed by atoms with Crippen molar-refractivity contribution in [2.75, 3.05) is 7.11 Å². The molecule has 0 saturated carbocycles. The summed E-state index contributed by atoms with van der Waals surface area (Å²) in [6, 6.07) is 14.6. The highest BCUT2D eigenvalue weighted by molar-refractivity contribution is 5.79. The summed E-state index contributed by atoms with van der Waals surface area (Å²) in [7, 11) is 1.69. The van der Waals surface area contributed by atoms with E-state index in [0.29, 0.717) is 6.42 Å². The Morgan fingerprint density at radius 3 is 2.62 bits per heavy atom. The maximum absolute atomic E-state index is 12.4. The van der Waals surface area contributed by atoms with Gasteiger partial charge in [-0.05, 0) is 60.1 Å². The quantitative estimate of drug-likeness (QED) is 0.903. The Morgan fingerprint density at radius 2 is 1.92 bits per heavy atom. The Kier molecular flexibility index (Phi) is 5.19. The van der Waals surface area contributed by atoms with E-state index in [9.17, 15) is 4.79 Å². The molecule has 0 heterocycles. The van der Waals surface area contributed by atoms with Crippen molar-refractivity contribution in [3.63, 3.8) is 0 Å². The number of fused-ring (bicyclic) bond motifs is 1. The van der Waals surface area contributed by atoms with E-state index in [1.54, 1.807) is 7.11 Å². The molecule has 24 heavy (non-hydrogen) atoms. The zero-order valence-corrected chi connectivity index (χ0v) is 14.5. The fraction of sp³-hybridized carbons (Fsp3) is 0.381. The minimum absolute atomic E-state index is 0.0907. The fourth-order valence-electron chi connectivity index (χ4n) is 3.39. The fourth-order valence-corrected chi connectivity index (χ4v) is 3.39. The van der Waals surface area contributed by atoms with Crippen LogP contribution in [0.15, 0.2) is 42.5 Å². The number of aryl methyl sites for hydroxylation is 2. The minimum atomic E-state index is 0.0907. The van der Waals surface area contributed by atoms with Gasteiger partial charge in [0.05, 0.1) is 19.6 Å². The van der Waals surface area contributed by atoms with Gasteiger partial charge in [0.2, 0.25) is 5.91 Å². The molecular formula is C21H25NO2. The highest BCUT2D eigenvalue weighted by Crippen LogP contribution is 2.32. The van der Waals surface area contributed by atoms with Crippen LogP contribution in [0.1, 0.15) is 48.1 Å². The molecule has 0 unspecified atom stereocenters. The van der Waals surface area contributed by atoms with Gasteiger partial charge in [-0.1, -0.05) is 37.3 Å². The molecule has 0 saturated heterocycles. The van der Waals surface area contributed by atoms with Crippen LogP contribution >= 0.6 is 0 Å². The van der Waals surface area contributed by atoms with Crippen molar-refractivity contribution in [1.82, 2.24) is 5.32 Å². The third kappa shape index (κ3) is 3.78. The molecule has 3 nitrogen and oxygen atoms in total. The van der Waals surface area contributed by atoms with Crippen LogP contribution in [0, 0.1) is 0 Å². The number of hydrogen-bond donors (Lipinski definition) is 1. The second-order valence-electron chi connectivity index (χ2n) is 6.42. The molecule has 2 aromatic carbocycles. The van der Waals surface area contributed by atoms with Crippen molar-refractivity contribution < 1.29 is 9.53 Å². The van der Waals surface area contributed by atoms with Gasteiger partial charge in [0.1, 0.15) is 5.75 Å². The normalized spacial score (nSPS) is 16.3. The number of carbonyl (C=O) groups excluding carboxylic acids is 1. The van der Waals surface area contributed by atoms with E-state index in [4.69, 9.17) is 4.74 Å². The number of ether oxygens (including phenoxy) is 1. The maximum Gasteiger partial charge on any atom is 0.224 e. The van der Waals surface area contributed by atoms with Crippen LogP contribution in [0.3, 0.4) is 0 Å². The predicted molar refractivity (Wildman–Crippen MR) is 96.3 cm³/mol. The highest BCUT2D eigenvalue weighted by Gasteiger charge is 2.22. The second kappa shape index (κ2) is 7.52. The molecule has 1 aliphatic carbocycles. The Labute approximate surface area is 144 Å². The van der Waals surface area contributed by atoms with Gasteiger partial charge in [0, 0.05) is 0 Å². The lowest BCUT2D eigenvalue weighted by atomic mass is 9.87. The summed E-state index contributed by atoms with van der Waals surface area (Å²) >= 11 is 0. The Balaban J connectivity index is 1.66. The van der Waals surface area contributed by atoms with Crippen LogP contribution in [0.5, 0.6) is 5.75 Å². The number of nitrogens with one attached hydrogen (secondary N) is 1. The third-order valence-electron chi connectivity index (χ3n) is 4.80. The van der Waals surface area contributed by atoms with Crippen LogP contribution in [-0.4, -0.2) is 13.0 Å². The molecule has 1 atom stereocenters. The summed E-state index contributed by atoms with van der Waals surface area (Å²) in [5, 5.41) is 3.21. The first-order valence-electron chi connectivity index (χ1n) is 8.73. The van der Waals surface area contributed by atoms with Crippen molar-refractivity contribution >= 4 is 5.91 Å². The molecule has 0 spiro atoms. The van der Waals surface area contributed by atoms with Gasteiger partial charge in [-0.25, -0.2) is 0 Å². The zero-order chi connectivity index (χ0) is 16.9. The lowest BCUT2D eigenvalue weighted by Crippen LogP contribution is -2.32. The summed E-state index contributed by atoms with van der Waals surface area (Å²) in [5.74, 6) is 0.977. The van der Waals surface area contributed by atoms with Gasteiger partial charge in [-0.2, -0.15) is 0 Å². The molecular weight excluding hydrogens is 298 g/mol. The first-order chi connectivity index (χ1) is 11.7. The van der Waals surface area contributed by atoms with Crippen molar-refractivity contribution in [3.05, 3.63) is 64.7 Å². The van der Waals surface area contributed by atoms with Crippen LogP contribution in [0.4, 0.5) is 0 Å². The lowest BCUT2D eigenvalue weighted by molar-refractivity contribution is -0.121. The van der Waals surface area contributed by atoms with Crippen molar-refractivity contribution in [3.8, 4) is 5.75 Å². The van der Waals surface area contributed by atoms with E-state index in [1.165, 1.54) is 16.7 Å². The molecule has 2 aromatic rings. The van der Waals surface area contributed by atoms with Crippen LogP contribution in [-0.2, 0) is 24.1 Å². The number of carbonyl (C=O) groups is 1. The van der Waals surface area contributed by atoms with E-state index in [1.807, 2.05) is 6.07 Å². The first kappa shape index (κ1) is 16.6. The summed E-state index contributed by atoms with van der Waals surface area (Å²) in [4.78, 5) is 12.4. The van der Waals surface area contributed by atoms with Crippen LogP contribution < -0.4 is 10.1 Å². The summed E-state index contributed by atoms with van der Waals surface area (Å²) in [6.45, 7) is 2.14. The molecule has 0 bridgehead atoms. The molecule has 0 aliphatic heterocycles. The monoisotopic (exact) mass is 323 g/mol. The molecule has 0 aromatic heterocycles. The predicted octanol–water partition coefficient (Wildman–Crippen LogP) is 3.99. The van der Waals surface area contributed by atoms with Crippen LogP contribution in [0.25, 0.3) is 0 Å². The van der Waals surface area contributed by atoms with Gasteiger partial charge in [0.15, 0.2) is 0 Å². The van der Waals surface area contributed by atoms with Crippen LogP contribution in [0.2, 0.25) is 0 Å². The Bertz CT molecular complexity index is 706. The number of rotatable bonds is 5. The largest absolute Gasteiger partial charge is 0.497 e.